The molecule has 4 aliphatic rings. The number of amides is 1. The Balaban J connectivity index is 0. The van der Waals surface area contributed by atoms with Gasteiger partial charge in [0.2, 0.25) is 5.91 Å². The monoisotopic (exact) mass is 675 g/mol. The lowest BCUT2D eigenvalue weighted by molar-refractivity contribution is -0.170. The molecule has 0 saturated carbocycles. The van der Waals surface area contributed by atoms with Gasteiger partial charge in [0.05, 0.1) is 30.6 Å². The van der Waals surface area contributed by atoms with Crippen molar-refractivity contribution >= 4 is 23.4 Å². The number of alkyl halides is 1. The van der Waals surface area contributed by atoms with Gasteiger partial charge in [0.25, 0.3) is 0 Å². The van der Waals surface area contributed by atoms with Crippen molar-refractivity contribution in [2.75, 3.05) is 19.9 Å². The zero-order chi connectivity index (χ0) is 34.6. The first kappa shape index (κ1) is 46.7. The van der Waals surface area contributed by atoms with E-state index in [1.807, 2.05) is 27.7 Å². The molecule has 0 radical (unpaired) electrons. The molecule has 4 aliphatic heterocycles. The van der Waals surface area contributed by atoms with Crippen LogP contribution >= 0.6 is 0 Å². The summed E-state index contributed by atoms with van der Waals surface area (Å²) in [4.78, 5) is 44.0. The minimum absolute atomic E-state index is 0. The molecule has 4 fully saturated rings. The minimum atomic E-state index is -0.618. The van der Waals surface area contributed by atoms with E-state index in [-0.39, 0.29) is 92.6 Å². The number of allylic oxidation sites excluding steroid dienone is 1. The van der Waals surface area contributed by atoms with Crippen LogP contribution in [0.1, 0.15) is 103 Å². The van der Waals surface area contributed by atoms with Gasteiger partial charge in [-0.15, -0.1) is 0 Å². The molecular formula is C36H66FNO9. The van der Waals surface area contributed by atoms with Crippen LogP contribution in [-0.4, -0.2) is 73.2 Å². The molecule has 0 aliphatic carbocycles. The number of Topliss-reactive ketones (excluding diaryl/α,β-unsaturated/α-hetero) is 2. The molecular weight excluding hydrogens is 609 g/mol. The highest BCUT2D eigenvalue weighted by Gasteiger charge is 2.43. The van der Waals surface area contributed by atoms with Gasteiger partial charge in [0.1, 0.15) is 13.2 Å². The number of nitrogens with one attached hydrogen (secondary N) is 1. The Morgan fingerprint density at radius 3 is 1.66 bits per heavy atom. The van der Waals surface area contributed by atoms with Gasteiger partial charge in [-0.1, -0.05) is 83.7 Å². The van der Waals surface area contributed by atoms with Crippen LogP contribution in [0.5, 0.6) is 0 Å². The van der Waals surface area contributed by atoms with E-state index in [0.29, 0.717) is 30.6 Å². The maximum Gasteiger partial charge on any atom is 0.304 e. The Bertz CT molecular complexity index is 984. The summed E-state index contributed by atoms with van der Waals surface area (Å²) < 4.78 is 32.4. The lowest BCUT2D eigenvalue weighted by Gasteiger charge is -2.37. The van der Waals surface area contributed by atoms with Crippen molar-refractivity contribution < 1.29 is 47.6 Å². The fourth-order valence-electron chi connectivity index (χ4n) is 6.07. The van der Waals surface area contributed by atoms with Gasteiger partial charge in [-0.3, -0.25) is 23.6 Å². The number of hydrogen-bond acceptors (Lipinski definition) is 9. The van der Waals surface area contributed by atoms with E-state index in [2.05, 4.69) is 46.5 Å². The predicted octanol–water partition coefficient (Wildman–Crippen LogP) is 6.28. The number of ether oxygens (including phenoxy) is 4. The summed E-state index contributed by atoms with van der Waals surface area (Å²) in [6.07, 6.45) is 1.09. The molecule has 0 aromatic rings. The third kappa shape index (κ3) is 14.3. The number of esters is 1. The number of β-lactam (4-membered cyclic amide) rings is 1. The van der Waals surface area contributed by atoms with Crippen molar-refractivity contribution in [3.05, 3.63) is 12.3 Å². The van der Waals surface area contributed by atoms with Crippen molar-refractivity contribution in [3.63, 3.8) is 0 Å². The molecule has 47 heavy (non-hydrogen) atoms. The highest BCUT2D eigenvalue weighted by molar-refractivity contribution is 5.86. The average Bonchev–Trinajstić information content (AvgIpc) is 3.59. The van der Waals surface area contributed by atoms with Gasteiger partial charge in [-0.05, 0) is 30.1 Å². The number of halogens is 1. The van der Waals surface area contributed by atoms with E-state index in [9.17, 15) is 28.7 Å². The van der Waals surface area contributed by atoms with Crippen molar-refractivity contribution in [3.8, 4) is 0 Å². The SMILES string of the molecule is C.C.C=C1C[C@H](C(C)C)C(O)O1.CC(=O)O[C@@H]1NC(=O)[C@H]1C(C)C.CC(C)[C@@H]1C(=O)CO[C@H]1CCF.CC[C@@H]1OCC(=O)[C@H]1C(C)C. The lowest BCUT2D eigenvalue weighted by atomic mass is 9.87. The molecule has 4 heterocycles. The molecule has 11 heteroatoms. The minimum Gasteiger partial charge on any atom is -0.470 e. The fourth-order valence-corrected chi connectivity index (χ4v) is 6.07. The Morgan fingerprint density at radius 1 is 0.894 bits per heavy atom. The van der Waals surface area contributed by atoms with Crippen molar-refractivity contribution in [1.82, 2.24) is 5.32 Å². The first-order chi connectivity index (χ1) is 21.0. The molecule has 0 aromatic carbocycles. The van der Waals surface area contributed by atoms with Crippen LogP contribution in [0.15, 0.2) is 12.3 Å². The summed E-state index contributed by atoms with van der Waals surface area (Å²) in [7, 11) is 0. The summed E-state index contributed by atoms with van der Waals surface area (Å²) in [5, 5.41) is 11.8. The fraction of sp³-hybridized carbons (Fsp3) is 0.833. The van der Waals surface area contributed by atoms with Crippen LogP contribution in [-0.2, 0) is 38.1 Å². The summed E-state index contributed by atoms with van der Waals surface area (Å²) in [5.41, 5.74) is 0. The predicted molar refractivity (Wildman–Crippen MR) is 182 cm³/mol. The number of hydrogen-bond donors (Lipinski definition) is 2. The van der Waals surface area contributed by atoms with Gasteiger partial charge in [-0.2, -0.15) is 0 Å². The van der Waals surface area contributed by atoms with Crippen LogP contribution in [0, 0.1) is 47.3 Å². The molecule has 1 unspecified atom stereocenters. The molecule has 10 nitrogen and oxygen atoms in total. The standard InChI is InChI=1S/C9H15FO2.C9H16O2.C8H13NO3.C8H14O2.2CH4/c1-6(2)9-7(11)5-12-8(9)3-4-10;1-4-8-9(6(2)3)7(10)5-11-8;1-4(2)6-7(11)9-8(6)12-5(3)10;1-5(2)7-4-6(3)10-8(7)9;;/h6,8-9H,3-5H2,1-2H3;6,8-9H,4-5H2,1-3H3;4,6,8H,1-3H3,(H,9,11);5,7-9H,3-4H2,1-2H3;2*1H4/t2*8-,9+;6-,8+;7-,8?;;/m0011../s1. The van der Waals surface area contributed by atoms with Crippen LogP contribution in [0.3, 0.4) is 0 Å². The maximum absolute atomic E-state index is 12.0. The highest BCUT2D eigenvalue weighted by atomic mass is 19.1. The molecule has 4 rings (SSSR count). The van der Waals surface area contributed by atoms with E-state index in [1.165, 1.54) is 6.92 Å². The Morgan fingerprint density at radius 2 is 1.36 bits per heavy atom. The Kier molecular flexibility index (Phi) is 22.2. The largest absolute Gasteiger partial charge is 0.470 e. The first-order valence-corrected chi connectivity index (χ1v) is 16.3. The number of carbonyl (C=O) groups excluding carboxylic acids is 4. The molecule has 0 bridgehead atoms. The second kappa shape index (κ2) is 22.3. The van der Waals surface area contributed by atoms with Crippen LogP contribution in [0.4, 0.5) is 4.39 Å². The molecule has 0 spiro atoms. The van der Waals surface area contributed by atoms with Crippen molar-refractivity contribution in [2.24, 2.45) is 47.3 Å². The summed E-state index contributed by atoms with van der Waals surface area (Å²) >= 11 is 0. The average molecular weight is 676 g/mol. The van der Waals surface area contributed by atoms with E-state index in [1.54, 1.807) is 0 Å². The van der Waals surface area contributed by atoms with Gasteiger partial charge in [0, 0.05) is 37.5 Å². The highest BCUT2D eigenvalue weighted by Crippen LogP contribution is 2.32. The summed E-state index contributed by atoms with van der Waals surface area (Å²) in [5.74, 6) is 2.24. The lowest BCUT2D eigenvalue weighted by Crippen LogP contribution is -2.61. The number of rotatable bonds is 8. The Labute approximate surface area is 283 Å². The zero-order valence-corrected chi connectivity index (χ0v) is 29.0. The topological polar surface area (TPSA) is 137 Å². The quantitative estimate of drug-likeness (QED) is 0.225. The van der Waals surface area contributed by atoms with E-state index in [4.69, 9.17) is 18.9 Å². The number of ketones is 2. The van der Waals surface area contributed by atoms with Crippen molar-refractivity contribution in [1.29, 1.82) is 0 Å². The second-order valence-electron chi connectivity index (χ2n) is 13.5. The molecule has 2 N–H and O–H groups in total. The van der Waals surface area contributed by atoms with E-state index < -0.39 is 19.2 Å². The normalized spacial score (nSPS) is 29.3. The molecule has 8 atom stereocenters. The van der Waals surface area contributed by atoms with E-state index >= 15 is 0 Å². The van der Waals surface area contributed by atoms with E-state index in [0.717, 1.165) is 12.8 Å². The van der Waals surface area contributed by atoms with Gasteiger partial charge in [-0.25, -0.2) is 0 Å². The zero-order valence-electron chi connectivity index (χ0n) is 29.0. The Hall–Kier alpha value is -2.37. The third-order valence-electron chi connectivity index (χ3n) is 8.55. The number of carbonyl (C=O) groups is 4. The summed E-state index contributed by atoms with van der Waals surface area (Å²) in [6, 6.07) is 0. The second-order valence-corrected chi connectivity index (χ2v) is 13.5. The van der Waals surface area contributed by atoms with Crippen LogP contribution in [0.25, 0.3) is 0 Å². The molecule has 276 valence electrons. The van der Waals surface area contributed by atoms with Gasteiger partial charge >= 0.3 is 5.97 Å². The molecule has 0 aromatic heterocycles. The summed E-state index contributed by atoms with van der Waals surface area (Å²) in [6.45, 7) is 23.3. The molecule has 1 amide bonds. The number of aliphatic hydroxyl groups is 1. The van der Waals surface area contributed by atoms with Gasteiger partial charge in [0.15, 0.2) is 24.1 Å². The third-order valence-corrected chi connectivity index (χ3v) is 8.55. The van der Waals surface area contributed by atoms with Crippen molar-refractivity contribution in [2.45, 2.75) is 128 Å². The maximum atomic E-state index is 12.0. The smallest absolute Gasteiger partial charge is 0.304 e. The molecule has 4 saturated heterocycles. The van der Waals surface area contributed by atoms with Crippen LogP contribution < -0.4 is 5.32 Å². The number of aliphatic hydroxyl groups excluding tert-OH is 1. The first-order valence-electron chi connectivity index (χ1n) is 16.3. The van der Waals surface area contributed by atoms with Crippen LogP contribution in [0.2, 0.25) is 0 Å². The van der Waals surface area contributed by atoms with Gasteiger partial charge < -0.3 is 29.4 Å².